The summed E-state index contributed by atoms with van der Waals surface area (Å²) in [5.74, 6) is 0.254. The second-order valence-corrected chi connectivity index (χ2v) is 4.59. The van der Waals surface area contributed by atoms with Crippen molar-refractivity contribution in [2.24, 2.45) is 5.10 Å². The molecule has 0 bridgehead atoms. The molecule has 0 unspecified atom stereocenters. The lowest BCUT2D eigenvalue weighted by Gasteiger charge is -2.21. The molecule has 0 saturated carbocycles. The summed E-state index contributed by atoms with van der Waals surface area (Å²) in [5.41, 5.74) is 1.30. The number of ether oxygens (including phenoxy) is 1. The number of hydrogen-bond donors (Lipinski definition) is 1. The minimum atomic E-state index is -0.350. The fraction of sp³-hybridized carbons (Fsp3) is 0.286. The highest BCUT2D eigenvalue weighted by Crippen LogP contribution is 2.17. The fourth-order valence-electron chi connectivity index (χ4n) is 2.06. The molecule has 1 fully saturated rings. The van der Waals surface area contributed by atoms with Crippen LogP contribution in [-0.4, -0.2) is 33.5 Å². The minimum Gasteiger partial charge on any atom is -0.461 e. The van der Waals surface area contributed by atoms with Crippen LogP contribution in [0.4, 0.5) is 5.69 Å². The van der Waals surface area contributed by atoms with Crippen LogP contribution in [0.3, 0.4) is 0 Å². The number of carbonyl (C=O) groups is 1. The van der Waals surface area contributed by atoms with Crippen molar-refractivity contribution in [2.75, 3.05) is 11.6 Å². The van der Waals surface area contributed by atoms with E-state index < -0.39 is 0 Å². The predicted molar refractivity (Wildman–Crippen MR) is 76.6 cm³/mol. The lowest BCUT2D eigenvalue weighted by Crippen LogP contribution is -2.28. The third-order valence-corrected chi connectivity index (χ3v) is 3.08. The van der Waals surface area contributed by atoms with Crippen molar-refractivity contribution in [2.45, 2.75) is 19.4 Å². The molecule has 0 radical (unpaired) electrons. The lowest BCUT2D eigenvalue weighted by atomic mass is 10.2. The molecule has 2 heterocycles. The SMILES string of the molecule is O=C1OCCCC1=NN(Cc1nc[nH]n1)c1ccccc1. The molecule has 0 atom stereocenters. The van der Waals surface area contributed by atoms with E-state index in [2.05, 4.69) is 20.3 Å². The highest BCUT2D eigenvalue weighted by Gasteiger charge is 2.20. The number of cyclic esters (lactones) is 1. The molecule has 1 N–H and O–H groups in total. The van der Waals surface area contributed by atoms with Crippen LogP contribution in [-0.2, 0) is 16.1 Å². The predicted octanol–water partition coefficient (Wildman–Crippen LogP) is 1.50. The highest BCUT2D eigenvalue weighted by atomic mass is 16.5. The molecule has 0 aliphatic carbocycles. The summed E-state index contributed by atoms with van der Waals surface area (Å²) in [5, 5.41) is 12.9. The van der Waals surface area contributed by atoms with Crippen molar-refractivity contribution < 1.29 is 9.53 Å². The topological polar surface area (TPSA) is 83.5 Å². The Morgan fingerprint density at radius 3 is 2.90 bits per heavy atom. The quantitative estimate of drug-likeness (QED) is 0.680. The Hall–Kier alpha value is -2.70. The molecular weight excluding hydrogens is 270 g/mol. The zero-order valence-electron chi connectivity index (χ0n) is 11.4. The number of carbonyl (C=O) groups excluding carboxylic acids is 1. The number of rotatable bonds is 4. The van der Waals surface area contributed by atoms with Gasteiger partial charge in [0, 0.05) is 6.42 Å². The van der Waals surface area contributed by atoms with Crippen LogP contribution >= 0.6 is 0 Å². The van der Waals surface area contributed by atoms with Crippen LogP contribution in [0, 0.1) is 0 Å². The minimum absolute atomic E-state index is 0.350. The Morgan fingerprint density at radius 1 is 1.33 bits per heavy atom. The molecule has 108 valence electrons. The first-order valence-electron chi connectivity index (χ1n) is 6.75. The van der Waals surface area contributed by atoms with Gasteiger partial charge in [0.15, 0.2) is 5.82 Å². The van der Waals surface area contributed by atoms with Gasteiger partial charge in [-0.1, -0.05) is 18.2 Å². The molecule has 1 aromatic carbocycles. The molecule has 1 aliphatic heterocycles. The highest BCUT2D eigenvalue weighted by molar-refractivity contribution is 6.37. The molecule has 1 aliphatic rings. The number of hydrogen-bond acceptors (Lipinski definition) is 6. The summed E-state index contributed by atoms with van der Waals surface area (Å²) in [6.45, 7) is 0.842. The van der Waals surface area contributed by atoms with Gasteiger partial charge in [0.05, 0.1) is 12.3 Å². The van der Waals surface area contributed by atoms with Crippen LogP contribution in [0.25, 0.3) is 0 Å². The molecule has 2 aromatic rings. The lowest BCUT2D eigenvalue weighted by molar-refractivity contribution is -0.137. The molecule has 1 aromatic heterocycles. The second-order valence-electron chi connectivity index (χ2n) is 4.59. The van der Waals surface area contributed by atoms with Crippen LogP contribution < -0.4 is 5.01 Å². The van der Waals surface area contributed by atoms with Crippen LogP contribution in [0.15, 0.2) is 41.8 Å². The van der Waals surface area contributed by atoms with E-state index in [0.29, 0.717) is 31.1 Å². The Labute approximate surface area is 121 Å². The normalized spacial score (nSPS) is 16.8. The largest absolute Gasteiger partial charge is 0.461 e. The standard InChI is InChI=1S/C14H15N5O2/c20-14-12(7-4-8-21-14)18-19(9-13-15-10-16-17-13)11-5-2-1-3-6-11/h1-3,5-6,10H,4,7-9H2,(H,15,16,17). The van der Waals surface area contributed by atoms with Crippen molar-refractivity contribution in [1.82, 2.24) is 15.2 Å². The van der Waals surface area contributed by atoms with E-state index in [1.165, 1.54) is 6.33 Å². The van der Waals surface area contributed by atoms with Gasteiger partial charge < -0.3 is 4.74 Å². The number of anilines is 1. The third-order valence-electron chi connectivity index (χ3n) is 3.08. The zero-order valence-corrected chi connectivity index (χ0v) is 11.4. The number of esters is 1. The van der Waals surface area contributed by atoms with E-state index in [1.807, 2.05) is 30.3 Å². The monoisotopic (exact) mass is 285 g/mol. The maximum Gasteiger partial charge on any atom is 0.354 e. The number of hydrazone groups is 1. The van der Waals surface area contributed by atoms with Gasteiger partial charge in [-0.15, -0.1) is 0 Å². The Balaban J connectivity index is 1.88. The summed E-state index contributed by atoms with van der Waals surface area (Å²) < 4.78 is 5.03. The average molecular weight is 285 g/mol. The van der Waals surface area contributed by atoms with Gasteiger partial charge >= 0.3 is 5.97 Å². The first-order valence-corrected chi connectivity index (χ1v) is 6.75. The van der Waals surface area contributed by atoms with E-state index in [4.69, 9.17) is 4.74 Å². The Bertz CT molecular complexity index is 624. The molecule has 21 heavy (non-hydrogen) atoms. The average Bonchev–Trinajstić information content (AvgIpc) is 3.03. The molecule has 1 saturated heterocycles. The van der Waals surface area contributed by atoms with Crippen molar-refractivity contribution >= 4 is 17.4 Å². The van der Waals surface area contributed by atoms with Gasteiger partial charge in [-0.05, 0) is 18.6 Å². The number of nitrogens with zero attached hydrogens (tertiary/aromatic N) is 4. The Morgan fingerprint density at radius 2 is 2.19 bits per heavy atom. The third kappa shape index (κ3) is 3.25. The number of benzene rings is 1. The van der Waals surface area contributed by atoms with Crippen LogP contribution in [0.2, 0.25) is 0 Å². The zero-order chi connectivity index (χ0) is 14.5. The van der Waals surface area contributed by atoms with Gasteiger partial charge in [-0.25, -0.2) is 9.78 Å². The van der Waals surface area contributed by atoms with Gasteiger partial charge in [0.1, 0.15) is 18.6 Å². The molecule has 7 heteroatoms. The summed E-state index contributed by atoms with van der Waals surface area (Å²) >= 11 is 0. The molecular formula is C14H15N5O2. The number of para-hydroxylation sites is 1. The van der Waals surface area contributed by atoms with E-state index in [0.717, 1.165) is 12.1 Å². The van der Waals surface area contributed by atoms with Crippen molar-refractivity contribution in [3.05, 3.63) is 42.5 Å². The summed E-state index contributed by atoms with van der Waals surface area (Å²) in [4.78, 5) is 15.8. The molecule has 0 spiro atoms. The fourth-order valence-corrected chi connectivity index (χ4v) is 2.06. The van der Waals surface area contributed by atoms with Gasteiger partial charge in [-0.2, -0.15) is 10.2 Å². The van der Waals surface area contributed by atoms with Crippen molar-refractivity contribution in [1.29, 1.82) is 0 Å². The number of aromatic nitrogens is 3. The van der Waals surface area contributed by atoms with Gasteiger partial charge in [0.2, 0.25) is 0 Å². The number of H-pyrrole nitrogens is 1. The van der Waals surface area contributed by atoms with Crippen LogP contribution in [0.1, 0.15) is 18.7 Å². The second kappa shape index (κ2) is 6.17. The molecule has 0 amide bonds. The van der Waals surface area contributed by atoms with E-state index in [-0.39, 0.29) is 5.97 Å². The summed E-state index contributed by atoms with van der Waals surface area (Å²) in [6, 6.07) is 9.60. The van der Waals surface area contributed by atoms with E-state index in [9.17, 15) is 4.79 Å². The van der Waals surface area contributed by atoms with Crippen LogP contribution in [0.5, 0.6) is 0 Å². The smallest absolute Gasteiger partial charge is 0.354 e. The van der Waals surface area contributed by atoms with Crippen molar-refractivity contribution in [3.63, 3.8) is 0 Å². The number of aromatic amines is 1. The van der Waals surface area contributed by atoms with Gasteiger partial charge in [0.25, 0.3) is 0 Å². The van der Waals surface area contributed by atoms with Gasteiger partial charge in [-0.3, -0.25) is 10.1 Å². The first-order chi connectivity index (χ1) is 10.3. The molecule has 7 nitrogen and oxygen atoms in total. The van der Waals surface area contributed by atoms with E-state index in [1.54, 1.807) is 5.01 Å². The Kier molecular flexibility index (Phi) is 3.90. The maximum atomic E-state index is 11.7. The summed E-state index contributed by atoms with van der Waals surface area (Å²) in [6.07, 6.45) is 2.94. The van der Waals surface area contributed by atoms with E-state index >= 15 is 0 Å². The molecule has 3 rings (SSSR count). The first kappa shape index (κ1) is 13.3. The van der Waals surface area contributed by atoms with Crippen molar-refractivity contribution in [3.8, 4) is 0 Å². The summed E-state index contributed by atoms with van der Waals surface area (Å²) in [7, 11) is 0. The maximum absolute atomic E-state index is 11.7. The number of nitrogens with one attached hydrogen (secondary N) is 1.